The zero-order valence-corrected chi connectivity index (χ0v) is 13.8. The Morgan fingerprint density at radius 3 is 2.76 bits per heavy atom. The highest BCUT2D eigenvalue weighted by atomic mass is 16.6. The first-order chi connectivity index (χ1) is 12.1. The molecule has 0 radical (unpaired) electrons. The normalized spacial score (nSPS) is 15.3. The van der Waals surface area contributed by atoms with Crippen LogP contribution < -0.4 is 20.1 Å². The van der Waals surface area contributed by atoms with E-state index in [9.17, 15) is 9.59 Å². The van der Waals surface area contributed by atoms with Crippen molar-refractivity contribution in [2.24, 2.45) is 0 Å². The summed E-state index contributed by atoms with van der Waals surface area (Å²) >= 11 is 0. The molecule has 1 aromatic heterocycles. The van der Waals surface area contributed by atoms with Gasteiger partial charge in [-0.15, -0.1) is 0 Å². The monoisotopic (exact) mass is 341 g/mol. The number of nitrogens with one attached hydrogen (secondary N) is 2. The number of hydrogen-bond acceptors (Lipinski definition) is 5. The van der Waals surface area contributed by atoms with Crippen molar-refractivity contribution in [3.63, 3.8) is 0 Å². The van der Waals surface area contributed by atoms with E-state index in [0.29, 0.717) is 17.3 Å². The maximum atomic E-state index is 12.1. The highest BCUT2D eigenvalue weighted by Gasteiger charge is 2.26. The number of fused-ring (bicyclic) bond motifs is 1. The lowest BCUT2D eigenvalue weighted by Gasteiger charge is -2.25. The Kier molecular flexibility index (Phi) is 5.13. The average Bonchev–Trinajstić information content (AvgIpc) is 2.61. The minimum absolute atomic E-state index is 0.141. The van der Waals surface area contributed by atoms with Crippen molar-refractivity contribution in [2.75, 3.05) is 18.5 Å². The summed E-state index contributed by atoms with van der Waals surface area (Å²) in [5, 5.41) is 5.38. The molecular weight excluding hydrogens is 322 g/mol. The first kappa shape index (κ1) is 16.8. The SMILES string of the molecule is Cc1cccc(NC(=O)CCNC(=O)[C@H]2COc3ccccc3O2)n1. The molecule has 0 bridgehead atoms. The van der Waals surface area contributed by atoms with E-state index in [1.165, 1.54) is 0 Å². The molecule has 1 aliphatic heterocycles. The topological polar surface area (TPSA) is 89.6 Å². The molecule has 0 saturated heterocycles. The minimum Gasteiger partial charge on any atom is -0.485 e. The Hall–Kier alpha value is -3.09. The van der Waals surface area contributed by atoms with E-state index in [1.807, 2.05) is 31.2 Å². The maximum absolute atomic E-state index is 12.1. The van der Waals surface area contributed by atoms with Gasteiger partial charge in [0.05, 0.1) is 0 Å². The van der Waals surface area contributed by atoms with Gasteiger partial charge in [-0.3, -0.25) is 9.59 Å². The summed E-state index contributed by atoms with van der Waals surface area (Å²) < 4.78 is 11.1. The highest BCUT2D eigenvalue weighted by molar-refractivity contribution is 5.90. The third kappa shape index (κ3) is 4.47. The quantitative estimate of drug-likeness (QED) is 0.863. The first-order valence-corrected chi connectivity index (χ1v) is 8.01. The minimum atomic E-state index is -0.726. The van der Waals surface area contributed by atoms with Crippen LogP contribution in [-0.4, -0.2) is 36.1 Å². The molecule has 2 amide bonds. The van der Waals surface area contributed by atoms with E-state index < -0.39 is 6.10 Å². The Morgan fingerprint density at radius 2 is 1.96 bits per heavy atom. The molecule has 0 spiro atoms. The van der Waals surface area contributed by atoms with Crippen LogP contribution >= 0.6 is 0 Å². The predicted molar refractivity (Wildman–Crippen MR) is 91.6 cm³/mol. The summed E-state index contributed by atoms with van der Waals surface area (Å²) in [4.78, 5) is 28.2. The molecule has 2 N–H and O–H groups in total. The third-order valence-electron chi connectivity index (χ3n) is 3.61. The van der Waals surface area contributed by atoms with Crippen molar-refractivity contribution in [3.05, 3.63) is 48.2 Å². The number of ether oxygens (including phenoxy) is 2. The largest absolute Gasteiger partial charge is 0.485 e. The second-order valence-electron chi connectivity index (χ2n) is 5.62. The van der Waals surface area contributed by atoms with E-state index in [0.717, 1.165) is 5.69 Å². The second kappa shape index (κ2) is 7.65. The zero-order chi connectivity index (χ0) is 17.6. The molecule has 7 nitrogen and oxygen atoms in total. The van der Waals surface area contributed by atoms with Gasteiger partial charge in [-0.1, -0.05) is 18.2 Å². The van der Waals surface area contributed by atoms with Crippen LogP contribution in [0.2, 0.25) is 0 Å². The van der Waals surface area contributed by atoms with Gasteiger partial charge >= 0.3 is 0 Å². The average molecular weight is 341 g/mol. The molecule has 2 heterocycles. The molecule has 0 unspecified atom stereocenters. The molecule has 0 fully saturated rings. The van der Waals surface area contributed by atoms with E-state index in [2.05, 4.69) is 15.6 Å². The summed E-state index contributed by atoms with van der Waals surface area (Å²) in [6.07, 6.45) is -0.581. The van der Waals surface area contributed by atoms with Gasteiger partial charge in [-0.2, -0.15) is 0 Å². The number of carbonyl (C=O) groups is 2. The van der Waals surface area contributed by atoms with Crippen LogP contribution in [-0.2, 0) is 9.59 Å². The molecule has 1 aliphatic rings. The van der Waals surface area contributed by atoms with Gasteiger partial charge in [-0.25, -0.2) is 4.98 Å². The van der Waals surface area contributed by atoms with Crippen LogP contribution in [0.15, 0.2) is 42.5 Å². The van der Waals surface area contributed by atoms with Gasteiger partial charge in [0, 0.05) is 18.7 Å². The van der Waals surface area contributed by atoms with Crippen molar-refractivity contribution in [3.8, 4) is 11.5 Å². The molecule has 2 aromatic rings. The van der Waals surface area contributed by atoms with Crippen molar-refractivity contribution in [1.29, 1.82) is 0 Å². The fourth-order valence-corrected chi connectivity index (χ4v) is 2.38. The van der Waals surface area contributed by atoms with Crippen LogP contribution in [0.1, 0.15) is 12.1 Å². The molecule has 1 atom stereocenters. The summed E-state index contributed by atoms with van der Waals surface area (Å²) in [6.45, 7) is 2.19. The number of hydrogen-bond donors (Lipinski definition) is 2. The smallest absolute Gasteiger partial charge is 0.264 e. The lowest BCUT2D eigenvalue weighted by molar-refractivity contribution is -0.130. The Morgan fingerprint density at radius 1 is 1.16 bits per heavy atom. The Labute approximate surface area is 145 Å². The molecule has 1 aromatic carbocycles. The summed E-state index contributed by atoms with van der Waals surface area (Å²) in [5.74, 6) is 1.13. The van der Waals surface area contributed by atoms with Gasteiger partial charge in [0.1, 0.15) is 12.4 Å². The van der Waals surface area contributed by atoms with Gasteiger partial charge in [0.2, 0.25) is 12.0 Å². The fourth-order valence-electron chi connectivity index (χ4n) is 2.38. The second-order valence-corrected chi connectivity index (χ2v) is 5.62. The van der Waals surface area contributed by atoms with Gasteiger partial charge in [0.25, 0.3) is 5.91 Å². The number of pyridine rings is 1. The van der Waals surface area contributed by atoms with Crippen LogP contribution in [0.25, 0.3) is 0 Å². The number of anilines is 1. The van der Waals surface area contributed by atoms with E-state index in [-0.39, 0.29) is 31.4 Å². The molecule has 130 valence electrons. The lowest BCUT2D eigenvalue weighted by atomic mass is 10.2. The van der Waals surface area contributed by atoms with Gasteiger partial charge in [0.15, 0.2) is 11.5 Å². The van der Waals surface area contributed by atoms with E-state index in [1.54, 1.807) is 18.2 Å². The summed E-state index contributed by atoms with van der Waals surface area (Å²) in [7, 11) is 0. The number of amides is 2. The van der Waals surface area contributed by atoms with Crippen molar-refractivity contribution in [1.82, 2.24) is 10.3 Å². The molecule has 25 heavy (non-hydrogen) atoms. The van der Waals surface area contributed by atoms with Gasteiger partial charge in [-0.05, 0) is 31.2 Å². The van der Waals surface area contributed by atoms with Crippen LogP contribution in [0, 0.1) is 6.92 Å². The fraction of sp³-hybridized carbons (Fsp3) is 0.278. The number of para-hydroxylation sites is 2. The Balaban J connectivity index is 1.43. The molecule has 0 saturated carbocycles. The van der Waals surface area contributed by atoms with Gasteiger partial charge < -0.3 is 20.1 Å². The number of nitrogens with zero attached hydrogens (tertiary/aromatic N) is 1. The van der Waals surface area contributed by atoms with Crippen LogP contribution in [0.4, 0.5) is 5.82 Å². The molecular formula is C18H19N3O4. The standard InChI is InChI=1S/C18H19N3O4/c1-12-5-4-8-16(20-12)21-17(22)9-10-19-18(23)15-11-24-13-6-2-3-7-14(13)25-15/h2-8,15H,9-11H2,1H3,(H,19,23)(H,20,21,22)/t15-/m1/s1. The number of aromatic nitrogens is 1. The van der Waals surface area contributed by atoms with Crippen molar-refractivity contribution < 1.29 is 19.1 Å². The van der Waals surface area contributed by atoms with Crippen molar-refractivity contribution >= 4 is 17.6 Å². The maximum Gasteiger partial charge on any atom is 0.264 e. The Bertz CT molecular complexity index is 778. The number of carbonyl (C=O) groups excluding carboxylic acids is 2. The number of aryl methyl sites for hydroxylation is 1. The summed E-state index contributed by atoms with van der Waals surface area (Å²) in [5.41, 5.74) is 0.820. The van der Waals surface area contributed by atoms with E-state index in [4.69, 9.17) is 9.47 Å². The molecule has 3 rings (SSSR count). The molecule has 7 heteroatoms. The highest BCUT2D eigenvalue weighted by Crippen LogP contribution is 2.30. The zero-order valence-electron chi connectivity index (χ0n) is 13.8. The number of rotatable bonds is 5. The lowest BCUT2D eigenvalue weighted by Crippen LogP contribution is -2.44. The molecule has 0 aliphatic carbocycles. The number of benzene rings is 1. The van der Waals surface area contributed by atoms with Crippen LogP contribution in [0.5, 0.6) is 11.5 Å². The van der Waals surface area contributed by atoms with E-state index >= 15 is 0 Å². The predicted octanol–water partition coefficient (Wildman–Crippen LogP) is 1.67. The third-order valence-corrected chi connectivity index (χ3v) is 3.61. The summed E-state index contributed by atoms with van der Waals surface area (Å²) in [6, 6.07) is 12.6. The van der Waals surface area contributed by atoms with Crippen LogP contribution in [0.3, 0.4) is 0 Å². The first-order valence-electron chi connectivity index (χ1n) is 8.01. The van der Waals surface area contributed by atoms with Crippen molar-refractivity contribution in [2.45, 2.75) is 19.4 Å².